The number of nitrogens with two attached hydrogens (primary N) is 1. The lowest BCUT2D eigenvalue weighted by Crippen LogP contribution is -2.37. The molecule has 2 aliphatic heterocycles. The number of primary amides is 1. The number of thioether (sulfide) groups is 1. The Labute approximate surface area is 143 Å². The maximum absolute atomic E-state index is 12.0. The lowest BCUT2D eigenvalue weighted by molar-refractivity contribution is -0.142. The van der Waals surface area contributed by atoms with Gasteiger partial charge in [0.25, 0.3) is 5.91 Å². The number of Topliss-reactive ketones (excluding diaryl/α,β-unsaturated/α-hetero) is 1. The van der Waals surface area contributed by atoms with Crippen molar-refractivity contribution in [3.63, 3.8) is 0 Å². The number of amides is 4. The van der Waals surface area contributed by atoms with Crippen LogP contribution in [0, 0.1) is 5.92 Å². The molecule has 2 aliphatic rings. The molecule has 10 heteroatoms. The Balaban J connectivity index is 1.72. The fourth-order valence-electron chi connectivity index (χ4n) is 3.09. The number of hydroxylamine groups is 1. The lowest BCUT2D eigenvalue weighted by Gasteiger charge is -2.16. The van der Waals surface area contributed by atoms with Crippen molar-refractivity contribution in [1.29, 1.82) is 0 Å². The van der Waals surface area contributed by atoms with Crippen molar-refractivity contribution in [3.05, 3.63) is 0 Å². The molecule has 2 rings (SSSR count). The fourth-order valence-corrected chi connectivity index (χ4v) is 4.64. The summed E-state index contributed by atoms with van der Waals surface area (Å²) in [4.78, 5) is 45.7. The van der Waals surface area contributed by atoms with E-state index in [9.17, 15) is 19.2 Å². The van der Waals surface area contributed by atoms with Crippen LogP contribution >= 0.6 is 11.8 Å². The number of carbonyl (C=O) groups is 4. The summed E-state index contributed by atoms with van der Waals surface area (Å²) >= 11 is 1.80. The molecule has 2 fully saturated rings. The predicted octanol–water partition coefficient (Wildman–Crippen LogP) is -0.722. The topological polar surface area (TPSA) is 151 Å². The Morgan fingerprint density at radius 2 is 2.08 bits per heavy atom. The second-order valence-corrected chi connectivity index (χ2v) is 7.31. The van der Waals surface area contributed by atoms with Crippen LogP contribution in [-0.4, -0.2) is 51.9 Å². The first-order valence-corrected chi connectivity index (χ1v) is 8.91. The van der Waals surface area contributed by atoms with Crippen LogP contribution in [0.3, 0.4) is 0 Å². The molecule has 0 aromatic carbocycles. The highest BCUT2D eigenvalue weighted by Crippen LogP contribution is 2.33. The predicted molar refractivity (Wildman–Crippen MR) is 86.2 cm³/mol. The third-order valence-corrected chi connectivity index (χ3v) is 5.83. The summed E-state index contributed by atoms with van der Waals surface area (Å²) < 4.78 is 0. The van der Waals surface area contributed by atoms with Crippen LogP contribution in [0.5, 0.6) is 0 Å². The van der Waals surface area contributed by atoms with Crippen molar-refractivity contribution in [3.8, 4) is 0 Å². The summed E-state index contributed by atoms with van der Waals surface area (Å²) in [6.07, 6.45) is 1.93. The highest BCUT2D eigenvalue weighted by Gasteiger charge is 2.42. The zero-order chi connectivity index (χ0) is 17.7. The van der Waals surface area contributed by atoms with E-state index in [1.54, 1.807) is 11.8 Å². The molecule has 4 atom stereocenters. The Bertz CT molecular complexity index is 529. The molecule has 0 bridgehead atoms. The Kier molecular flexibility index (Phi) is 6.44. The van der Waals surface area contributed by atoms with E-state index in [-0.39, 0.29) is 24.5 Å². The van der Waals surface area contributed by atoms with E-state index < -0.39 is 29.9 Å². The number of unbranched alkanes of at least 4 members (excludes halogenated alkanes) is 1. The van der Waals surface area contributed by atoms with E-state index >= 15 is 0 Å². The molecule has 0 aromatic heterocycles. The van der Waals surface area contributed by atoms with Crippen molar-refractivity contribution in [2.75, 3.05) is 5.75 Å². The van der Waals surface area contributed by atoms with Crippen LogP contribution in [0.1, 0.15) is 32.1 Å². The zero-order valence-corrected chi connectivity index (χ0v) is 13.9. The minimum absolute atomic E-state index is 0.126. The van der Waals surface area contributed by atoms with Crippen molar-refractivity contribution >= 4 is 35.4 Å². The number of hydrogen-bond donors (Lipinski definition) is 5. The molecule has 6 N–H and O–H groups in total. The standard InChI is InChI=1S/C14H22N4O5S/c15-11(20)5-7(13(21)18-23)9(19)3-1-2-4-10-12-8(6-24-10)16-14(22)17-12/h7-8,10,12,23H,1-6H2,(H2,15,20)(H,18,21)(H2,16,17,22)/t7?,8-,10-,12-/m0/s1. The average Bonchev–Trinajstić information content (AvgIpc) is 3.07. The Hall–Kier alpha value is -1.81. The van der Waals surface area contributed by atoms with E-state index in [1.165, 1.54) is 5.48 Å². The second kappa shape index (κ2) is 8.34. The first-order valence-electron chi connectivity index (χ1n) is 7.86. The molecule has 9 nitrogen and oxygen atoms in total. The smallest absolute Gasteiger partial charge is 0.315 e. The van der Waals surface area contributed by atoms with E-state index in [0.717, 1.165) is 18.6 Å². The maximum atomic E-state index is 12.0. The van der Waals surface area contributed by atoms with Crippen molar-refractivity contribution in [1.82, 2.24) is 16.1 Å². The zero-order valence-electron chi connectivity index (χ0n) is 13.1. The van der Waals surface area contributed by atoms with Gasteiger partial charge in [-0.15, -0.1) is 0 Å². The molecule has 0 saturated carbocycles. The highest BCUT2D eigenvalue weighted by atomic mass is 32.2. The summed E-state index contributed by atoms with van der Waals surface area (Å²) in [7, 11) is 0. The van der Waals surface area contributed by atoms with Gasteiger partial charge >= 0.3 is 6.03 Å². The van der Waals surface area contributed by atoms with Gasteiger partial charge in [0.2, 0.25) is 5.91 Å². The van der Waals surface area contributed by atoms with Gasteiger partial charge in [-0.3, -0.25) is 19.6 Å². The first-order chi connectivity index (χ1) is 11.4. The molecule has 24 heavy (non-hydrogen) atoms. The molecule has 0 aromatic rings. The van der Waals surface area contributed by atoms with Gasteiger partial charge in [0.05, 0.1) is 12.1 Å². The van der Waals surface area contributed by atoms with Crippen molar-refractivity contribution < 1.29 is 24.4 Å². The van der Waals surface area contributed by atoms with Crippen LogP contribution in [0.2, 0.25) is 0 Å². The van der Waals surface area contributed by atoms with Crippen molar-refractivity contribution in [2.45, 2.75) is 49.4 Å². The largest absolute Gasteiger partial charge is 0.370 e. The minimum atomic E-state index is -1.24. The summed E-state index contributed by atoms with van der Waals surface area (Å²) in [5.41, 5.74) is 6.42. The molecule has 134 valence electrons. The number of hydrogen-bond acceptors (Lipinski definition) is 6. The quantitative estimate of drug-likeness (QED) is 0.121. The maximum Gasteiger partial charge on any atom is 0.315 e. The summed E-state index contributed by atoms with van der Waals surface area (Å²) in [6.45, 7) is 0. The Morgan fingerprint density at radius 1 is 1.33 bits per heavy atom. The molecular formula is C14H22N4O5S. The average molecular weight is 358 g/mol. The first kappa shape index (κ1) is 18.5. The molecule has 0 spiro atoms. The van der Waals surface area contributed by atoms with Crippen LogP contribution in [0.4, 0.5) is 4.79 Å². The summed E-state index contributed by atoms with van der Waals surface area (Å²) in [6, 6.07) is 0.165. The van der Waals surface area contributed by atoms with Crippen molar-refractivity contribution in [2.24, 2.45) is 11.7 Å². The van der Waals surface area contributed by atoms with Gasteiger partial charge in [-0.1, -0.05) is 6.42 Å². The van der Waals surface area contributed by atoms with Gasteiger partial charge < -0.3 is 16.4 Å². The molecule has 0 aliphatic carbocycles. The van der Waals surface area contributed by atoms with Crippen LogP contribution in [-0.2, 0) is 14.4 Å². The molecule has 2 heterocycles. The van der Waals surface area contributed by atoms with E-state index in [2.05, 4.69) is 10.6 Å². The summed E-state index contributed by atoms with van der Waals surface area (Å²) in [5, 5.41) is 14.7. The third-order valence-electron chi connectivity index (χ3n) is 4.32. The SMILES string of the molecule is NC(=O)CC(C(=O)CCCC[C@@H]1SC[C@@H]2NC(=O)N[C@@H]21)C(=O)NO. The van der Waals surface area contributed by atoms with E-state index in [1.807, 2.05) is 0 Å². The van der Waals surface area contributed by atoms with Gasteiger partial charge in [-0.25, -0.2) is 10.3 Å². The van der Waals surface area contributed by atoms with Gasteiger partial charge in [-0.05, 0) is 12.8 Å². The number of urea groups is 1. The molecule has 2 saturated heterocycles. The van der Waals surface area contributed by atoms with Gasteiger partial charge in [0, 0.05) is 23.8 Å². The fraction of sp³-hybridized carbons (Fsp3) is 0.714. The van der Waals surface area contributed by atoms with Crippen LogP contribution < -0.4 is 21.8 Å². The number of rotatable bonds is 9. The van der Waals surface area contributed by atoms with E-state index in [4.69, 9.17) is 10.9 Å². The summed E-state index contributed by atoms with van der Waals surface area (Å²) in [5.74, 6) is -2.45. The van der Waals surface area contributed by atoms with Crippen LogP contribution in [0.25, 0.3) is 0 Å². The number of carbonyl (C=O) groups excluding carboxylic acids is 4. The van der Waals surface area contributed by atoms with E-state index in [0.29, 0.717) is 11.7 Å². The minimum Gasteiger partial charge on any atom is -0.370 e. The Morgan fingerprint density at radius 3 is 2.75 bits per heavy atom. The monoisotopic (exact) mass is 358 g/mol. The number of ketones is 1. The second-order valence-electron chi connectivity index (χ2n) is 6.03. The van der Waals surface area contributed by atoms with Gasteiger partial charge in [-0.2, -0.15) is 11.8 Å². The molecule has 0 radical (unpaired) electrons. The van der Waals surface area contributed by atoms with Gasteiger partial charge in [0.1, 0.15) is 11.7 Å². The normalized spacial score (nSPS) is 26.2. The molecule has 4 amide bonds. The number of fused-ring (bicyclic) bond motifs is 1. The lowest BCUT2D eigenvalue weighted by atomic mass is 9.94. The molecule has 1 unspecified atom stereocenters. The molecular weight excluding hydrogens is 336 g/mol. The highest BCUT2D eigenvalue weighted by molar-refractivity contribution is 8.00. The van der Waals surface area contributed by atoms with Crippen LogP contribution in [0.15, 0.2) is 0 Å². The number of nitrogens with one attached hydrogen (secondary N) is 3. The third kappa shape index (κ3) is 4.60. The van der Waals surface area contributed by atoms with Gasteiger partial charge in [0.15, 0.2) is 0 Å².